The van der Waals surface area contributed by atoms with Gasteiger partial charge in [-0.2, -0.15) is 0 Å². The highest BCUT2D eigenvalue weighted by molar-refractivity contribution is 5.67. The number of hydrogen-bond acceptors (Lipinski definition) is 2. The Morgan fingerprint density at radius 2 is 1.72 bits per heavy atom. The van der Waals surface area contributed by atoms with Crippen molar-refractivity contribution in [2.45, 2.75) is 6.54 Å². The Kier molecular flexibility index (Phi) is 3.23. The molecule has 0 saturated heterocycles. The van der Waals surface area contributed by atoms with E-state index >= 15 is 0 Å². The summed E-state index contributed by atoms with van der Waals surface area (Å²) < 4.78 is 13.9. The number of carboxylic acids is 1. The zero-order valence-electron chi connectivity index (χ0n) is 9.34. The minimum Gasteiger partial charge on any atom is -0.480 e. The van der Waals surface area contributed by atoms with Crippen molar-refractivity contribution in [3.8, 4) is 11.1 Å². The highest BCUT2D eigenvalue weighted by atomic mass is 19.1. The third-order valence-electron chi connectivity index (χ3n) is 2.47. The van der Waals surface area contributed by atoms with Crippen LogP contribution in [0, 0.1) is 5.82 Å². The van der Waals surface area contributed by atoms with Gasteiger partial charge in [-0.05, 0) is 29.3 Å². The molecule has 1 N–H and O–H groups in total. The molecule has 18 heavy (non-hydrogen) atoms. The standard InChI is InChI=1S/C13H10FNO3/c14-11-4-1-9(2-5-11)10-3-6-12(16)15(7-10)8-13(17)18/h1-7H,8H2,(H,17,18). The molecule has 0 atom stereocenters. The van der Waals surface area contributed by atoms with Gasteiger partial charge in [0.15, 0.2) is 0 Å². The zero-order valence-corrected chi connectivity index (χ0v) is 9.34. The van der Waals surface area contributed by atoms with E-state index in [-0.39, 0.29) is 11.4 Å². The van der Waals surface area contributed by atoms with Crippen LogP contribution in [0.3, 0.4) is 0 Å². The van der Waals surface area contributed by atoms with Gasteiger partial charge in [-0.1, -0.05) is 12.1 Å². The average Bonchev–Trinajstić information content (AvgIpc) is 2.32. The molecule has 0 aliphatic heterocycles. The average molecular weight is 247 g/mol. The van der Waals surface area contributed by atoms with E-state index in [1.807, 2.05) is 0 Å². The Hall–Kier alpha value is -2.43. The van der Waals surface area contributed by atoms with E-state index < -0.39 is 12.5 Å². The number of hydrogen-bond donors (Lipinski definition) is 1. The van der Waals surface area contributed by atoms with Crippen molar-refractivity contribution >= 4 is 5.97 Å². The molecule has 0 unspecified atom stereocenters. The summed E-state index contributed by atoms with van der Waals surface area (Å²) in [7, 11) is 0. The lowest BCUT2D eigenvalue weighted by Gasteiger charge is -2.06. The Bertz CT molecular complexity index is 631. The SMILES string of the molecule is O=C(O)Cn1cc(-c2ccc(F)cc2)ccc1=O. The van der Waals surface area contributed by atoms with Gasteiger partial charge in [-0.25, -0.2) is 4.39 Å². The Labute approximate surface area is 102 Å². The van der Waals surface area contributed by atoms with E-state index in [2.05, 4.69) is 0 Å². The lowest BCUT2D eigenvalue weighted by Crippen LogP contribution is -2.22. The summed E-state index contributed by atoms with van der Waals surface area (Å²) in [6, 6.07) is 8.63. The molecule has 0 aliphatic carbocycles. The molecule has 1 aromatic heterocycles. The number of carbonyl (C=O) groups is 1. The van der Waals surface area contributed by atoms with Crippen LogP contribution in [0.15, 0.2) is 47.4 Å². The third kappa shape index (κ3) is 2.63. The number of benzene rings is 1. The second-order valence-electron chi connectivity index (χ2n) is 3.78. The lowest BCUT2D eigenvalue weighted by molar-refractivity contribution is -0.137. The maximum absolute atomic E-state index is 12.8. The molecule has 0 bridgehead atoms. The second kappa shape index (κ2) is 4.83. The molecule has 0 amide bonds. The topological polar surface area (TPSA) is 59.3 Å². The minimum atomic E-state index is -1.09. The molecule has 0 radical (unpaired) electrons. The summed E-state index contributed by atoms with van der Waals surface area (Å²) in [4.78, 5) is 22.0. The molecule has 0 saturated carbocycles. The van der Waals surface area contributed by atoms with Crippen LogP contribution < -0.4 is 5.56 Å². The molecule has 1 heterocycles. The molecule has 4 nitrogen and oxygen atoms in total. The van der Waals surface area contributed by atoms with Crippen LogP contribution in [0.2, 0.25) is 0 Å². The summed E-state index contributed by atoms with van der Waals surface area (Å²) in [5.74, 6) is -1.44. The van der Waals surface area contributed by atoms with Crippen LogP contribution in [0.25, 0.3) is 11.1 Å². The van der Waals surface area contributed by atoms with Gasteiger partial charge in [0, 0.05) is 12.3 Å². The van der Waals surface area contributed by atoms with Gasteiger partial charge in [0.2, 0.25) is 0 Å². The summed E-state index contributed by atoms with van der Waals surface area (Å²) in [6.45, 7) is -0.395. The van der Waals surface area contributed by atoms with Crippen LogP contribution >= 0.6 is 0 Å². The molecule has 2 rings (SSSR count). The van der Waals surface area contributed by atoms with Crippen LogP contribution in [0.5, 0.6) is 0 Å². The van der Waals surface area contributed by atoms with Crippen LogP contribution in [-0.2, 0) is 11.3 Å². The number of pyridine rings is 1. The number of rotatable bonds is 3. The molecule has 0 fully saturated rings. The summed E-state index contributed by atoms with van der Waals surface area (Å²) >= 11 is 0. The van der Waals surface area contributed by atoms with Crippen molar-refractivity contribution in [1.29, 1.82) is 0 Å². The first-order valence-corrected chi connectivity index (χ1v) is 5.24. The van der Waals surface area contributed by atoms with Crippen molar-refractivity contribution in [3.05, 3.63) is 58.8 Å². The number of carboxylic acid groups (broad SMARTS) is 1. The highest BCUT2D eigenvalue weighted by Crippen LogP contribution is 2.17. The molecular formula is C13H10FNO3. The van der Waals surface area contributed by atoms with Gasteiger partial charge in [0.1, 0.15) is 12.4 Å². The van der Waals surface area contributed by atoms with E-state index in [4.69, 9.17) is 5.11 Å². The fraction of sp³-hybridized carbons (Fsp3) is 0.0769. The monoisotopic (exact) mass is 247 g/mol. The van der Waals surface area contributed by atoms with Crippen molar-refractivity contribution in [2.24, 2.45) is 0 Å². The van der Waals surface area contributed by atoms with Gasteiger partial charge < -0.3 is 9.67 Å². The van der Waals surface area contributed by atoms with Crippen LogP contribution in [0.4, 0.5) is 4.39 Å². The van der Waals surface area contributed by atoms with Gasteiger partial charge >= 0.3 is 5.97 Å². The van der Waals surface area contributed by atoms with Crippen molar-refractivity contribution in [1.82, 2.24) is 4.57 Å². The van der Waals surface area contributed by atoms with E-state index in [1.54, 1.807) is 18.2 Å². The van der Waals surface area contributed by atoms with Gasteiger partial charge in [-0.3, -0.25) is 9.59 Å². The second-order valence-corrected chi connectivity index (χ2v) is 3.78. The van der Waals surface area contributed by atoms with Crippen LogP contribution in [0.1, 0.15) is 0 Å². The predicted octanol–water partition coefficient (Wildman–Crippen LogP) is 1.74. The lowest BCUT2D eigenvalue weighted by atomic mass is 10.1. The highest BCUT2D eigenvalue weighted by Gasteiger charge is 2.04. The largest absolute Gasteiger partial charge is 0.480 e. The van der Waals surface area contributed by atoms with Gasteiger partial charge in [-0.15, -0.1) is 0 Å². The predicted molar refractivity (Wildman–Crippen MR) is 63.7 cm³/mol. The first kappa shape index (κ1) is 12.0. The molecule has 1 aromatic carbocycles. The number of nitrogens with zero attached hydrogens (tertiary/aromatic N) is 1. The van der Waals surface area contributed by atoms with Crippen molar-refractivity contribution < 1.29 is 14.3 Å². The van der Waals surface area contributed by atoms with E-state index in [0.717, 1.165) is 10.1 Å². The van der Waals surface area contributed by atoms with E-state index in [9.17, 15) is 14.0 Å². The Morgan fingerprint density at radius 3 is 2.33 bits per heavy atom. The van der Waals surface area contributed by atoms with Gasteiger partial charge in [0.25, 0.3) is 5.56 Å². The number of halogens is 1. The summed E-state index contributed by atoms with van der Waals surface area (Å²) in [5, 5.41) is 8.68. The minimum absolute atomic E-state index is 0.349. The quantitative estimate of drug-likeness (QED) is 0.898. The van der Waals surface area contributed by atoms with Crippen molar-refractivity contribution in [3.63, 3.8) is 0 Å². The molecule has 92 valence electrons. The smallest absolute Gasteiger partial charge is 0.323 e. The molecule has 0 aliphatic rings. The molecule has 5 heteroatoms. The molecular weight excluding hydrogens is 237 g/mol. The van der Waals surface area contributed by atoms with Crippen molar-refractivity contribution in [2.75, 3.05) is 0 Å². The normalized spacial score (nSPS) is 10.3. The molecule has 2 aromatic rings. The summed E-state index contributed by atoms with van der Waals surface area (Å²) in [6.07, 6.45) is 1.45. The number of aliphatic carboxylic acids is 1. The third-order valence-corrected chi connectivity index (χ3v) is 2.47. The maximum atomic E-state index is 12.8. The van der Waals surface area contributed by atoms with Gasteiger partial charge in [0.05, 0.1) is 0 Å². The first-order chi connectivity index (χ1) is 8.56. The maximum Gasteiger partial charge on any atom is 0.323 e. The fourth-order valence-electron chi connectivity index (χ4n) is 1.61. The van der Waals surface area contributed by atoms with E-state index in [0.29, 0.717) is 5.56 Å². The van der Waals surface area contributed by atoms with Crippen LogP contribution in [-0.4, -0.2) is 15.6 Å². The molecule has 0 spiro atoms. The summed E-state index contributed by atoms with van der Waals surface area (Å²) in [5.41, 5.74) is 0.995. The Morgan fingerprint density at radius 1 is 1.11 bits per heavy atom. The van der Waals surface area contributed by atoms with E-state index in [1.165, 1.54) is 24.4 Å². The number of aromatic nitrogens is 1. The Balaban J connectivity index is 2.43. The fourth-order valence-corrected chi connectivity index (χ4v) is 1.61. The first-order valence-electron chi connectivity index (χ1n) is 5.24. The zero-order chi connectivity index (χ0) is 13.1.